The zero-order valence-electron chi connectivity index (χ0n) is 12.1. The maximum Gasteiger partial charge on any atom is 0.0891 e. The summed E-state index contributed by atoms with van der Waals surface area (Å²) >= 11 is 0. The molecule has 1 N–H and O–H groups in total. The van der Waals surface area contributed by atoms with E-state index in [1.54, 1.807) is 0 Å². The number of rotatable bonds is 8. The summed E-state index contributed by atoms with van der Waals surface area (Å²) in [4.78, 5) is 4.59. The Morgan fingerprint density at radius 3 is 2.61 bits per heavy atom. The molecule has 1 aromatic heterocycles. The second-order valence-electron chi connectivity index (χ2n) is 5.07. The molecule has 1 unspecified atom stereocenters. The molecule has 102 valence electrons. The van der Waals surface area contributed by atoms with E-state index >= 15 is 0 Å². The van der Waals surface area contributed by atoms with Crippen molar-refractivity contribution in [3.63, 3.8) is 0 Å². The van der Waals surface area contributed by atoms with E-state index in [1.807, 2.05) is 18.2 Å². The van der Waals surface area contributed by atoms with Gasteiger partial charge in [0, 0.05) is 12.6 Å². The minimum Gasteiger partial charge on any atom is -0.372 e. The first-order valence-electron chi connectivity index (χ1n) is 6.91. The van der Waals surface area contributed by atoms with E-state index in [0.717, 1.165) is 30.8 Å². The van der Waals surface area contributed by atoms with E-state index in [0.29, 0.717) is 18.8 Å². The van der Waals surface area contributed by atoms with Gasteiger partial charge in [0.05, 0.1) is 24.1 Å². The highest BCUT2D eigenvalue weighted by molar-refractivity contribution is 5.10. The maximum atomic E-state index is 5.77. The van der Waals surface area contributed by atoms with E-state index in [2.05, 4.69) is 38.0 Å². The van der Waals surface area contributed by atoms with Crippen LogP contribution in [0.1, 0.15) is 51.9 Å². The summed E-state index contributed by atoms with van der Waals surface area (Å²) < 4.78 is 5.77. The first-order chi connectivity index (χ1) is 8.61. The molecule has 3 heteroatoms. The Morgan fingerprint density at radius 1 is 1.22 bits per heavy atom. The molecule has 0 aliphatic carbocycles. The van der Waals surface area contributed by atoms with Crippen molar-refractivity contribution in [2.24, 2.45) is 0 Å². The van der Waals surface area contributed by atoms with Crippen molar-refractivity contribution in [1.82, 2.24) is 10.3 Å². The molecule has 1 atom stereocenters. The smallest absolute Gasteiger partial charge is 0.0891 e. The second kappa shape index (κ2) is 8.22. The van der Waals surface area contributed by atoms with Gasteiger partial charge in [-0.15, -0.1) is 0 Å². The fourth-order valence-corrected chi connectivity index (χ4v) is 1.73. The summed E-state index contributed by atoms with van der Waals surface area (Å²) in [6, 6.07) is 6.61. The normalized spacial score (nSPS) is 12.9. The quantitative estimate of drug-likeness (QED) is 0.769. The van der Waals surface area contributed by atoms with Crippen LogP contribution < -0.4 is 5.32 Å². The van der Waals surface area contributed by atoms with Gasteiger partial charge in [0.2, 0.25) is 0 Å². The van der Waals surface area contributed by atoms with E-state index in [9.17, 15) is 0 Å². The summed E-state index contributed by atoms with van der Waals surface area (Å²) in [6.45, 7) is 10.00. The Labute approximate surface area is 111 Å². The molecule has 0 fully saturated rings. The van der Waals surface area contributed by atoms with Crippen LogP contribution in [0.25, 0.3) is 0 Å². The van der Waals surface area contributed by atoms with Crippen molar-refractivity contribution in [2.45, 2.75) is 65.8 Å². The molecular weight excluding hydrogens is 224 g/mol. The van der Waals surface area contributed by atoms with Crippen LogP contribution in [0, 0.1) is 0 Å². The fraction of sp³-hybridized carbons (Fsp3) is 0.667. The van der Waals surface area contributed by atoms with Crippen molar-refractivity contribution >= 4 is 0 Å². The lowest BCUT2D eigenvalue weighted by Gasteiger charge is -2.12. The predicted molar refractivity (Wildman–Crippen MR) is 75.4 cm³/mol. The fourth-order valence-electron chi connectivity index (χ4n) is 1.73. The number of aromatic nitrogens is 1. The molecule has 0 aliphatic rings. The monoisotopic (exact) mass is 250 g/mol. The van der Waals surface area contributed by atoms with Crippen LogP contribution in [0.2, 0.25) is 0 Å². The van der Waals surface area contributed by atoms with Crippen LogP contribution in [0.4, 0.5) is 0 Å². The molecule has 1 heterocycles. The van der Waals surface area contributed by atoms with Gasteiger partial charge in [-0.3, -0.25) is 4.98 Å². The summed E-state index contributed by atoms with van der Waals surface area (Å²) in [7, 11) is 0. The molecule has 0 aliphatic heterocycles. The predicted octanol–water partition coefficient (Wildman–Crippen LogP) is 3.28. The van der Waals surface area contributed by atoms with E-state index in [1.165, 1.54) is 0 Å². The van der Waals surface area contributed by atoms with E-state index in [-0.39, 0.29) is 0 Å². The van der Waals surface area contributed by atoms with Crippen molar-refractivity contribution in [2.75, 3.05) is 0 Å². The van der Waals surface area contributed by atoms with Gasteiger partial charge in [-0.05, 0) is 25.5 Å². The van der Waals surface area contributed by atoms with Crippen LogP contribution in [0.15, 0.2) is 18.2 Å². The third-order valence-corrected chi connectivity index (χ3v) is 2.77. The number of hydrogen-bond acceptors (Lipinski definition) is 3. The molecule has 3 nitrogen and oxygen atoms in total. The first kappa shape index (κ1) is 15.1. The van der Waals surface area contributed by atoms with Gasteiger partial charge in [-0.25, -0.2) is 0 Å². The van der Waals surface area contributed by atoms with Crippen LogP contribution >= 0.6 is 0 Å². The third kappa shape index (κ3) is 6.12. The molecule has 1 rings (SSSR count). The van der Waals surface area contributed by atoms with Gasteiger partial charge in [-0.1, -0.05) is 33.3 Å². The summed E-state index contributed by atoms with van der Waals surface area (Å²) in [5.41, 5.74) is 2.09. The van der Waals surface area contributed by atoms with Gasteiger partial charge >= 0.3 is 0 Å². The summed E-state index contributed by atoms with van der Waals surface area (Å²) in [5, 5.41) is 3.37. The van der Waals surface area contributed by atoms with Crippen molar-refractivity contribution < 1.29 is 4.74 Å². The summed E-state index contributed by atoms with van der Waals surface area (Å²) in [6.07, 6.45) is 2.58. The SMILES string of the molecule is CCCC(C)OCc1cccc(CNC(C)C)n1. The number of ether oxygens (including phenoxy) is 1. The number of pyridine rings is 1. The average molecular weight is 250 g/mol. The Balaban J connectivity index is 2.43. The van der Waals surface area contributed by atoms with Crippen molar-refractivity contribution in [1.29, 1.82) is 0 Å². The van der Waals surface area contributed by atoms with Gasteiger partial charge in [0.25, 0.3) is 0 Å². The van der Waals surface area contributed by atoms with Crippen LogP contribution in [0.5, 0.6) is 0 Å². The van der Waals surface area contributed by atoms with Crippen LogP contribution in [-0.4, -0.2) is 17.1 Å². The van der Waals surface area contributed by atoms with Gasteiger partial charge in [-0.2, -0.15) is 0 Å². The largest absolute Gasteiger partial charge is 0.372 e. The van der Waals surface area contributed by atoms with Crippen molar-refractivity contribution in [3.8, 4) is 0 Å². The van der Waals surface area contributed by atoms with E-state index in [4.69, 9.17) is 4.74 Å². The minimum atomic E-state index is 0.314. The van der Waals surface area contributed by atoms with Gasteiger partial charge in [0.1, 0.15) is 0 Å². The molecule has 1 aromatic rings. The standard InChI is InChI=1S/C15H26N2O/c1-5-7-13(4)18-11-15-9-6-8-14(17-15)10-16-12(2)3/h6,8-9,12-13,16H,5,7,10-11H2,1-4H3. The molecule has 0 spiro atoms. The molecule has 0 bridgehead atoms. The molecule has 0 saturated carbocycles. The lowest BCUT2D eigenvalue weighted by Crippen LogP contribution is -2.22. The molecule has 18 heavy (non-hydrogen) atoms. The number of nitrogens with one attached hydrogen (secondary N) is 1. The van der Waals surface area contributed by atoms with Crippen LogP contribution in [0.3, 0.4) is 0 Å². The molecule has 0 radical (unpaired) electrons. The van der Waals surface area contributed by atoms with Crippen LogP contribution in [-0.2, 0) is 17.9 Å². The molecule has 0 saturated heterocycles. The molecule has 0 aromatic carbocycles. The second-order valence-corrected chi connectivity index (χ2v) is 5.07. The summed E-state index contributed by atoms with van der Waals surface area (Å²) in [5.74, 6) is 0. The maximum absolute atomic E-state index is 5.77. The van der Waals surface area contributed by atoms with Gasteiger partial charge in [0.15, 0.2) is 0 Å². The zero-order chi connectivity index (χ0) is 13.4. The molecule has 0 amide bonds. The highest BCUT2D eigenvalue weighted by Crippen LogP contribution is 2.06. The lowest BCUT2D eigenvalue weighted by molar-refractivity contribution is 0.0452. The third-order valence-electron chi connectivity index (χ3n) is 2.77. The highest BCUT2D eigenvalue weighted by atomic mass is 16.5. The van der Waals surface area contributed by atoms with Gasteiger partial charge < -0.3 is 10.1 Å². The number of hydrogen-bond donors (Lipinski definition) is 1. The van der Waals surface area contributed by atoms with E-state index < -0.39 is 0 Å². The lowest BCUT2D eigenvalue weighted by atomic mass is 10.2. The Hall–Kier alpha value is -0.930. The minimum absolute atomic E-state index is 0.314. The topological polar surface area (TPSA) is 34.1 Å². The first-order valence-corrected chi connectivity index (χ1v) is 6.91. The molecular formula is C15H26N2O. The zero-order valence-corrected chi connectivity index (χ0v) is 12.1. The average Bonchev–Trinajstić information content (AvgIpc) is 2.35. The van der Waals surface area contributed by atoms with Crippen molar-refractivity contribution in [3.05, 3.63) is 29.6 Å². The Kier molecular flexibility index (Phi) is 6.91. The highest BCUT2D eigenvalue weighted by Gasteiger charge is 2.03. The number of nitrogens with zero attached hydrogens (tertiary/aromatic N) is 1. The Bertz CT molecular complexity index is 339. The Morgan fingerprint density at radius 2 is 1.94 bits per heavy atom.